The lowest BCUT2D eigenvalue weighted by atomic mass is 10.2. The molecule has 2 heterocycles. The van der Waals surface area contributed by atoms with E-state index >= 15 is 0 Å². The fourth-order valence-electron chi connectivity index (χ4n) is 2.84. The van der Waals surface area contributed by atoms with Crippen molar-refractivity contribution in [2.75, 3.05) is 4.90 Å². The van der Waals surface area contributed by atoms with Crippen LogP contribution in [0.2, 0.25) is 0 Å². The molecular formula is C22H25N5O. The molecule has 0 aliphatic rings. The fraction of sp³-hybridized carbons (Fsp3) is 0.273. The number of amides is 1. The summed E-state index contributed by atoms with van der Waals surface area (Å²) in [4.78, 5) is 27.9. The van der Waals surface area contributed by atoms with Crippen LogP contribution in [0.25, 0.3) is 0 Å². The molecule has 6 nitrogen and oxygen atoms in total. The van der Waals surface area contributed by atoms with Crippen LogP contribution in [0.1, 0.15) is 41.2 Å². The SMILES string of the molecule is Cc1cc(C(=O)NCc2cccnc2)nc(N(Cc2ccccc2)C(C)C)n1. The third-order valence-corrected chi connectivity index (χ3v) is 4.33. The van der Waals surface area contributed by atoms with Gasteiger partial charge in [-0.05, 0) is 44.0 Å². The van der Waals surface area contributed by atoms with Gasteiger partial charge in [-0.3, -0.25) is 9.78 Å². The molecule has 0 aliphatic carbocycles. The number of aryl methyl sites for hydroxylation is 1. The lowest BCUT2D eigenvalue weighted by Crippen LogP contribution is -2.33. The highest BCUT2D eigenvalue weighted by atomic mass is 16.1. The van der Waals surface area contributed by atoms with E-state index in [1.165, 1.54) is 5.56 Å². The third-order valence-electron chi connectivity index (χ3n) is 4.33. The molecule has 0 bridgehead atoms. The summed E-state index contributed by atoms with van der Waals surface area (Å²) in [6.45, 7) is 7.15. The van der Waals surface area contributed by atoms with Gasteiger partial charge in [0.1, 0.15) is 5.69 Å². The number of nitrogens with zero attached hydrogens (tertiary/aromatic N) is 4. The Morgan fingerprint density at radius 1 is 1.07 bits per heavy atom. The number of pyridine rings is 1. The molecule has 1 N–H and O–H groups in total. The topological polar surface area (TPSA) is 71.0 Å². The lowest BCUT2D eigenvalue weighted by molar-refractivity contribution is 0.0945. The predicted octanol–water partition coefficient (Wildman–Crippen LogP) is 3.53. The summed E-state index contributed by atoms with van der Waals surface area (Å²) in [6, 6.07) is 15.8. The van der Waals surface area contributed by atoms with Crippen LogP contribution >= 0.6 is 0 Å². The Hall–Kier alpha value is -3.28. The van der Waals surface area contributed by atoms with Crippen molar-refractivity contribution in [3.05, 3.63) is 83.4 Å². The van der Waals surface area contributed by atoms with E-state index in [-0.39, 0.29) is 11.9 Å². The van der Waals surface area contributed by atoms with Crippen LogP contribution in [0.4, 0.5) is 5.95 Å². The number of benzene rings is 1. The maximum atomic E-state index is 12.6. The van der Waals surface area contributed by atoms with Crippen molar-refractivity contribution in [2.45, 2.75) is 39.9 Å². The van der Waals surface area contributed by atoms with Crippen LogP contribution in [0.5, 0.6) is 0 Å². The normalized spacial score (nSPS) is 10.7. The minimum atomic E-state index is -0.223. The first kappa shape index (κ1) is 19.5. The van der Waals surface area contributed by atoms with Crippen molar-refractivity contribution < 1.29 is 4.79 Å². The summed E-state index contributed by atoms with van der Waals surface area (Å²) < 4.78 is 0. The van der Waals surface area contributed by atoms with Crippen molar-refractivity contribution in [1.82, 2.24) is 20.3 Å². The second kappa shape index (κ2) is 9.08. The van der Waals surface area contributed by atoms with E-state index in [1.807, 2.05) is 37.3 Å². The van der Waals surface area contributed by atoms with Crippen LogP contribution < -0.4 is 10.2 Å². The molecule has 0 aliphatic heterocycles. The smallest absolute Gasteiger partial charge is 0.270 e. The molecule has 6 heteroatoms. The van der Waals surface area contributed by atoms with Gasteiger partial charge in [0.2, 0.25) is 5.95 Å². The van der Waals surface area contributed by atoms with Gasteiger partial charge in [0, 0.05) is 37.2 Å². The Bertz CT molecular complexity index is 913. The Kier molecular flexibility index (Phi) is 6.32. The highest BCUT2D eigenvalue weighted by molar-refractivity contribution is 5.92. The van der Waals surface area contributed by atoms with Gasteiger partial charge in [-0.1, -0.05) is 36.4 Å². The van der Waals surface area contributed by atoms with E-state index in [0.29, 0.717) is 24.7 Å². The molecule has 0 atom stereocenters. The second-order valence-corrected chi connectivity index (χ2v) is 6.95. The molecule has 0 saturated heterocycles. The van der Waals surface area contributed by atoms with E-state index in [0.717, 1.165) is 11.3 Å². The Morgan fingerprint density at radius 2 is 1.82 bits per heavy atom. The van der Waals surface area contributed by atoms with E-state index < -0.39 is 0 Å². The number of anilines is 1. The van der Waals surface area contributed by atoms with E-state index in [4.69, 9.17) is 0 Å². The standard InChI is InChI=1S/C22H25N5O/c1-16(2)27(15-18-8-5-4-6-9-18)22-25-17(3)12-20(26-22)21(28)24-14-19-10-7-11-23-13-19/h4-13,16H,14-15H2,1-3H3,(H,24,28). The van der Waals surface area contributed by atoms with Crippen LogP contribution in [0.15, 0.2) is 60.9 Å². The van der Waals surface area contributed by atoms with Gasteiger partial charge in [0.15, 0.2) is 0 Å². The van der Waals surface area contributed by atoms with Crippen LogP contribution in [0, 0.1) is 6.92 Å². The molecule has 1 amide bonds. The zero-order valence-electron chi connectivity index (χ0n) is 16.5. The Balaban J connectivity index is 1.79. The number of hydrogen-bond donors (Lipinski definition) is 1. The van der Waals surface area contributed by atoms with Crippen molar-refractivity contribution in [2.24, 2.45) is 0 Å². The molecule has 2 aromatic heterocycles. The lowest BCUT2D eigenvalue weighted by Gasteiger charge is -2.27. The minimum Gasteiger partial charge on any atom is -0.347 e. The van der Waals surface area contributed by atoms with Crippen molar-refractivity contribution in [3.63, 3.8) is 0 Å². The average Bonchev–Trinajstić information content (AvgIpc) is 2.71. The summed E-state index contributed by atoms with van der Waals surface area (Å²) in [5.41, 5.74) is 3.24. The molecular weight excluding hydrogens is 350 g/mol. The van der Waals surface area contributed by atoms with Gasteiger partial charge in [0.25, 0.3) is 5.91 Å². The van der Waals surface area contributed by atoms with Gasteiger partial charge in [-0.2, -0.15) is 0 Å². The van der Waals surface area contributed by atoms with E-state index in [9.17, 15) is 4.79 Å². The molecule has 0 fully saturated rings. The van der Waals surface area contributed by atoms with Gasteiger partial charge in [0.05, 0.1) is 0 Å². The largest absolute Gasteiger partial charge is 0.347 e. The quantitative estimate of drug-likeness (QED) is 0.684. The molecule has 0 spiro atoms. The molecule has 3 aromatic rings. The third kappa shape index (κ3) is 5.13. The summed E-state index contributed by atoms with van der Waals surface area (Å²) in [5, 5.41) is 2.90. The minimum absolute atomic E-state index is 0.188. The first-order chi connectivity index (χ1) is 13.5. The van der Waals surface area contributed by atoms with Crippen LogP contribution in [-0.2, 0) is 13.1 Å². The summed E-state index contributed by atoms with van der Waals surface area (Å²) in [6.07, 6.45) is 3.44. The molecule has 0 radical (unpaired) electrons. The van der Waals surface area contributed by atoms with E-state index in [2.05, 4.69) is 51.1 Å². The molecule has 144 valence electrons. The fourth-order valence-corrected chi connectivity index (χ4v) is 2.84. The molecule has 1 aromatic carbocycles. The highest BCUT2D eigenvalue weighted by Crippen LogP contribution is 2.17. The molecule has 0 unspecified atom stereocenters. The summed E-state index contributed by atoms with van der Waals surface area (Å²) in [7, 11) is 0. The van der Waals surface area contributed by atoms with Crippen molar-refractivity contribution in [1.29, 1.82) is 0 Å². The van der Waals surface area contributed by atoms with Crippen LogP contribution in [-0.4, -0.2) is 26.9 Å². The highest BCUT2D eigenvalue weighted by Gasteiger charge is 2.18. The van der Waals surface area contributed by atoms with E-state index in [1.54, 1.807) is 18.5 Å². The molecule has 3 rings (SSSR count). The predicted molar refractivity (Wildman–Crippen MR) is 110 cm³/mol. The number of hydrogen-bond acceptors (Lipinski definition) is 5. The first-order valence-corrected chi connectivity index (χ1v) is 9.36. The van der Waals surface area contributed by atoms with Gasteiger partial charge >= 0.3 is 0 Å². The first-order valence-electron chi connectivity index (χ1n) is 9.36. The number of carbonyl (C=O) groups excluding carboxylic acids is 1. The Labute approximate surface area is 165 Å². The van der Waals surface area contributed by atoms with Gasteiger partial charge in [-0.25, -0.2) is 9.97 Å². The van der Waals surface area contributed by atoms with Crippen molar-refractivity contribution >= 4 is 11.9 Å². The zero-order chi connectivity index (χ0) is 19.9. The van der Waals surface area contributed by atoms with Crippen molar-refractivity contribution in [3.8, 4) is 0 Å². The maximum Gasteiger partial charge on any atom is 0.270 e. The summed E-state index contributed by atoms with van der Waals surface area (Å²) in [5.74, 6) is 0.337. The number of rotatable bonds is 7. The average molecular weight is 375 g/mol. The molecule has 28 heavy (non-hydrogen) atoms. The summed E-state index contributed by atoms with van der Waals surface area (Å²) >= 11 is 0. The zero-order valence-corrected chi connectivity index (χ0v) is 16.5. The number of aromatic nitrogens is 3. The van der Waals surface area contributed by atoms with Crippen LogP contribution in [0.3, 0.4) is 0 Å². The monoisotopic (exact) mass is 375 g/mol. The van der Waals surface area contributed by atoms with Gasteiger partial charge in [-0.15, -0.1) is 0 Å². The maximum absolute atomic E-state index is 12.6. The number of carbonyl (C=O) groups is 1. The second-order valence-electron chi connectivity index (χ2n) is 6.95. The number of nitrogens with one attached hydrogen (secondary N) is 1. The Morgan fingerprint density at radius 3 is 2.50 bits per heavy atom. The van der Waals surface area contributed by atoms with Gasteiger partial charge < -0.3 is 10.2 Å². The molecule has 0 saturated carbocycles.